The molecule has 0 spiro atoms. The molecule has 1 aromatic rings. The highest BCUT2D eigenvalue weighted by Gasteiger charge is 2.38. The van der Waals surface area contributed by atoms with E-state index in [0.717, 1.165) is 44.6 Å². The Hall–Kier alpha value is -1.49. The fourth-order valence-corrected chi connectivity index (χ4v) is 3.15. The maximum atomic E-state index is 14.1. The van der Waals surface area contributed by atoms with Gasteiger partial charge in [0.15, 0.2) is 0 Å². The summed E-state index contributed by atoms with van der Waals surface area (Å²) in [7, 11) is 0. The van der Waals surface area contributed by atoms with Gasteiger partial charge in [0.05, 0.1) is 6.54 Å². The number of rotatable bonds is 5. The van der Waals surface area contributed by atoms with E-state index in [1.54, 1.807) is 0 Å². The molecule has 1 amide bonds. The number of hydrogen-bond acceptors (Lipinski definition) is 2. The van der Waals surface area contributed by atoms with Crippen molar-refractivity contribution in [1.29, 1.82) is 0 Å². The Balaban J connectivity index is 1.73. The largest absolute Gasteiger partial charge is 0.352 e. The monoisotopic (exact) mass is 294 g/mol. The Bertz CT molecular complexity index is 537. The Morgan fingerprint density at radius 2 is 1.95 bits per heavy atom. The fraction of sp³-hybridized carbons (Fsp3) is 0.562. The van der Waals surface area contributed by atoms with Crippen molar-refractivity contribution in [2.45, 2.75) is 50.1 Å². The average molecular weight is 294 g/mol. The topological polar surface area (TPSA) is 41.1 Å². The Labute approximate surface area is 123 Å². The van der Waals surface area contributed by atoms with E-state index in [1.807, 2.05) is 0 Å². The molecule has 3 rings (SSSR count). The summed E-state index contributed by atoms with van der Waals surface area (Å²) in [4.78, 5) is 11.8. The van der Waals surface area contributed by atoms with Gasteiger partial charge in [-0.15, -0.1) is 0 Å². The van der Waals surface area contributed by atoms with Crippen molar-refractivity contribution in [3.63, 3.8) is 0 Å². The van der Waals surface area contributed by atoms with Crippen LogP contribution >= 0.6 is 0 Å². The molecule has 3 nitrogen and oxygen atoms in total. The minimum Gasteiger partial charge on any atom is -0.352 e. The molecule has 114 valence electrons. The summed E-state index contributed by atoms with van der Waals surface area (Å²) in [5.41, 5.74) is -0.0702. The average Bonchev–Trinajstić information content (AvgIpc) is 3.12. The lowest BCUT2D eigenvalue weighted by Crippen LogP contribution is -2.46. The Morgan fingerprint density at radius 1 is 1.24 bits per heavy atom. The molecule has 2 saturated carbocycles. The Morgan fingerprint density at radius 3 is 2.57 bits per heavy atom. The van der Waals surface area contributed by atoms with E-state index in [4.69, 9.17) is 0 Å². The number of amides is 1. The highest BCUT2D eigenvalue weighted by atomic mass is 19.1. The third-order valence-corrected chi connectivity index (χ3v) is 4.43. The summed E-state index contributed by atoms with van der Waals surface area (Å²) in [5, 5.41) is 6.15. The smallest absolute Gasteiger partial charge is 0.234 e. The number of nitrogens with one attached hydrogen (secondary N) is 2. The predicted molar refractivity (Wildman–Crippen MR) is 75.7 cm³/mol. The van der Waals surface area contributed by atoms with Gasteiger partial charge in [-0.3, -0.25) is 10.1 Å². The molecule has 0 bridgehead atoms. The van der Waals surface area contributed by atoms with Gasteiger partial charge >= 0.3 is 0 Å². The molecular weight excluding hydrogens is 274 g/mol. The molecule has 2 aliphatic carbocycles. The maximum Gasteiger partial charge on any atom is 0.234 e. The van der Waals surface area contributed by atoms with Gasteiger partial charge in [-0.25, -0.2) is 8.78 Å². The molecule has 0 radical (unpaired) electrons. The first-order valence-electron chi connectivity index (χ1n) is 7.59. The van der Waals surface area contributed by atoms with E-state index in [-0.39, 0.29) is 12.5 Å². The van der Waals surface area contributed by atoms with Crippen LogP contribution in [0.15, 0.2) is 18.2 Å². The second kappa shape index (κ2) is 5.72. The second-order valence-corrected chi connectivity index (χ2v) is 6.11. The maximum absolute atomic E-state index is 14.1. The normalized spacial score (nSPS) is 20.5. The first-order valence-corrected chi connectivity index (χ1v) is 7.59. The van der Waals surface area contributed by atoms with Gasteiger partial charge in [-0.05, 0) is 31.7 Å². The quantitative estimate of drug-likeness (QED) is 0.876. The molecular formula is C16H20F2N2O. The van der Waals surface area contributed by atoms with Crippen LogP contribution < -0.4 is 10.6 Å². The zero-order valence-corrected chi connectivity index (χ0v) is 11.9. The van der Waals surface area contributed by atoms with Crippen molar-refractivity contribution in [1.82, 2.24) is 10.6 Å². The van der Waals surface area contributed by atoms with Gasteiger partial charge in [0, 0.05) is 23.2 Å². The number of halogens is 2. The van der Waals surface area contributed by atoms with Gasteiger partial charge in [0.2, 0.25) is 5.91 Å². The van der Waals surface area contributed by atoms with Gasteiger partial charge in [-0.1, -0.05) is 18.9 Å². The van der Waals surface area contributed by atoms with Gasteiger partial charge in [-0.2, -0.15) is 0 Å². The van der Waals surface area contributed by atoms with E-state index in [0.29, 0.717) is 11.6 Å². The van der Waals surface area contributed by atoms with E-state index >= 15 is 0 Å². The van der Waals surface area contributed by atoms with Crippen LogP contribution in [0.3, 0.4) is 0 Å². The summed E-state index contributed by atoms with van der Waals surface area (Å²) in [6, 6.07) is 4.02. The molecule has 0 unspecified atom stereocenters. The van der Waals surface area contributed by atoms with Crippen LogP contribution in [-0.4, -0.2) is 18.5 Å². The molecule has 0 saturated heterocycles. The van der Waals surface area contributed by atoms with Crippen LogP contribution in [0.25, 0.3) is 0 Å². The molecule has 1 aromatic carbocycles. The minimum atomic E-state index is -0.573. The molecule has 0 aliphatic heterocycles. The van der Waals surface area contributed by atoms with Crippen molar-refractivity contribution in [2.24, 2.45) is 0 Å². The molecule has 2 aliphatic rings. The van der Waals surface area contributed by atoms with Crippen molar-refractivity contribution in [2.75, 3.05) is 6.54 Å². The summed E-state index contributed by atoms with van der Waals surface area (Å²) in [6.07, 6.45) is 5.59. The lowest BCUT2D eigenvalue weighted by molar-refractivity contribution is -0.120. The minimum absolute atomic E-state index is 0.0497. The van der Waals surface area contributed by atoms with Crippen LogP contribution in [-0.2, 0) is 10.3 Å². The van der Waals surface area contributed by atoms with Gasteiger partial charge < -0.3 is 5.32 Å². The van der Waals surface area contributed by atoms with E-state index in [1.165, 1.54) is 12.1 Å². The van der Waals surface area contributed by atoms with Gasteiger partial charge in [0.1, 0.15) is 11.6 Å². The predicted octanol–water partition coefficient (Wildman–Crippen LogP) is 2.60. The highest BCUT2D eigenvalue weighted by Crippen LogP contribution is 2.39. The third kappa shape index (κ3) is 3.23. The van der Waals surface area contributed by atoms with Crippen LogP contribution in [0.1, 0.15) is 44.1 Å². The van der Waals surface area contributed by atoms with Gasteiger partial charge in [0.25, 0.3) is 0 Å². The first kappa shape index (κ1) is 14.4. The van der Waals surface area contributed by atoms with E-state index < -0.39 is 17.2 Å². The molecule has 5 heteroatoms. The summed E-state index contributed by atoms with van der Waals surface area (Å²) in [5.74, 6) is -1.16. The molecule has 2 N–H and O–H groups in total. The van der Waals surface area contributed by atoms with Crippen LogP contribution in [0.5, 0.6) is 0 Å². The second-order valence-electron chi connectivity index (χ2n) is 6.11. The molecule has 2 fully saturated rings. The van der Waals surface area contributed by atoms with Crippen LogP contribution in [0.2, 0.25) is 0 Å². The lowest BCUT2D eigenvalue weighted by atomic mass is 9.87. The lowest BCUT2D eigenvalue weighted by Gasteiger charge is -2.31. The van der Waals surface area contributed by atoms with Crippen LogP contribution in [0, 0.1) is 11.6 Å². The standard InChI is InChI=1S/C16H20F2N2O/c17-11-3-6-13(14(18)9-11)16(7-1-2-8-16)19-10-15(21)20-12-4-5-12/h3,6,9,12,19H,1-2,4-5,7-8,10H2,(H,20,21). The van der Waals surface area contributed by atoms with Crippen molar-refractivity contribution < 1.29 is 13.6 Å². The fourth-order valence-electron chi connectivity index (χ4n) is 3.15. The van der Waals surface area contributed by atoms with Crippen LogP contribution in [0.4, 0.5) is 8.78 Å². The van der Waals surface area contributed by atoms with Crippen molar-refractivity contribution in [3.05, 3.63) is 35.4 Å². The Kier molecular flexibility index (Phi) is 3.93. The SMILES string of the molecule is O=C(CNC1(c2ccc(F)cc2F)CCCC1)NC1CC1. The molecule has 21 heavy (non-hydrogen) atoms. The number of benzene rings is 1. The number of carbonyl (C=O) groups excluding carboxylic acids is 1. The van der Waals surface area contributed by atoms with Crippen molar-refractivity contribution in [3.8, 4) is 0 Å². The zero-order chi connectivity index (χ0) is 14.9. The summed E-state index contributed by atoms with van der Waals surface area (Å²) < 4.78 is 27.2. The third-order valence-electron chi connectivity index (χ3n) is 4.43. The van der Waals surface area contributed by atoms with Crippen molar-refractivity contribution >= 4 is 5.91 Å². The molecule has 0 aromatic heterocycles. The zero-order valence-electron chi connectivity index (χ0n) is 11.9. The number of hydrogen-bond donors (Lipinski definition) is 2. The molecule has 0 atom stereocenters. The van der Waals surface area contributed by atoms with E-state index in [9.17, 15) is 13.6 Å². The van der Waals surface area contributed by atoms with E-state index in [2.05, 4.69) is 10.6 Å². The summed E-state index contributed by atoms with van der Waals surface area (Å²) >= 11 is 0. The first-order chi connectivity index (χ1) is 10.1. The highest BCUT2D eigenvalue weighted by molar-refractivity contribution is 5.78. The summed E-state index contributed by atoms with van der Waals surface area (Å²) in [6.45, 7) is 0.174. The molecule has 0 heterocycles. The number of carbonyl (C=O) groups is 1.